The second-order valence-electron chi connectivity index (χ2n) is 36.8. The molecule has 0 radical (unpaired) electrons. The van der Waals surface area contributed by atoms with E-state index < -0.39 is 0 Å². The number of hydrogen-bond acceptors (Lipinski definition) is 5. The van der Waals surface area contributed by atoms with Crippen molar-refractivity contribution in [2.45, 2.75) is 0 Å². The predicted molar refractivity (Wildman–Crippen MR) is 607 cm³/mol. The van der Waals surface area contributed by atoms with Gasteiger partial charge in [0.2, 0.25) is 0 Å². The van der Waals surface area contributed by atoms with Gasteiger partial charge in [0.1, 0.15) is 12.1 Å². The fraction of sp³-hybridized carbons (Fsp3) is 0. The van der Waals surface area contributed by atoms with Crippen molar-refractivity contribution in [2.75, 3.05) is 0 Å². The first-order valence-electron chi connectivity index (χ1n) is 48.8. The molecule has 0 atom stereocenters. The molecule has 0 fully saturated rings. The molecule has 0 saturated heterocycles. The highest BCUT2D eigenvalue weighted by Crippen LogP contribution is 2.50. The predicted octanol–water partition coefficient (Wildman–Crippen LogP) is 35.2. The minimum Gasteiger partial charge on any atom is -0.309 e. The molecule has 0 bridgehead atoms. The highest BCUT2D eigenvalue weighted by molar-refractivity contribution is 6.17. The molecule has 0 spiro atoms. The van der Waals surface area contributed by atoms with Crippen molar-refractivity contribution in [3.63, 3.8) is 0 Å². The average Bonchev–Trinajstić information content (AvgIpc) is 1.56. The van der Waals surface area contributed by atoms with E-state index in [9.17, 15) is 26.3 Å². The molecular formula is C135H75N15. The lowest BCUT2D eigenvalue weighted by molar-refractivity contribution is 1.17. The van der Waals surface area contributed by atoms with Gasteiger partial charge in [0.05, 0.1) is 156 Å². The molecule has 15 nitrogen and oxygen atoms in total. The zero-order chi connectivity index (χ0) is 101. The molecular weight excluding hydrogens is 1830 g/mol. The zero-order valence-electron chi connectivity index (χ0n) is 80.0. The smallest absolute Gasteiger partial charge is 0.195 e. The Morgan fingerprint density at radius 3 is 0.820 bits per heavy atom. The van der Waals surface area contributed by atoms with E-state index in [1.807, 2.05) is 182 Å². The zero-order valence-corrected chi connectivity index (χ0v) is 80.0. The number of hydrogen-bond donors (Lipinski definition) is 0. The second-order valence-corrected chi connectivity index (χ2v) is 36.8. The van der Waals surface area contributed by atoms with Crippen LogP contribution in [-0.2, 0) is 0 Å². The normalized spacial score (nSPS) is 11.1. The fourth-order valence-electron chi connectivity index (χ4n) is 22.3. The molecule has 6 aromatic heterocycles. The molecule has 0 amide bonds. The summed E-state index contributed by atoms with van der Waals surface area (Å²) >= 11 is 0. The van der Waals surface area contributed by atoms with E-state index in [2.05, 4.69) is 344 Å². The lowest BCUT2D eigenvalue weighted by atomic mass is 9.89. The van der Waals surface area contributed by atoms with Gasteiger partial charge in [-0.2, -0.15) is 26.3 Å². The van der Waals surface area contributed by atoms with Crippen molar-refractivity contribution in [3.8, 4) is 131 Å². The molecule has 0 unspecified atom stereocenters. The van der Waals surface area contributed by atoms with Crippen LogP contribution in [0.15, 0.2) is 455 Å². The topological polar surface area (TPSA) is 166 Å². The van der Waals surface area contributed by atoms with E-state index in [1.54, 1.807) is 6.07 Å². The minimum absolute atomic E-state index is 0.318. The summed E-state index contributed by atoms with van der Waals surface area (Å²) in [4.78, 5) is 15.1. The van der Waals surface area contributed by atoms with Crippen LogP contribution in [0.25, 0.3) is 251 Å². The largest absolute Gasteiger partial charge is 0.309 e. The maximum atomic E-state index is 10.6. The maximum Gasteiger partial charge on any atom is 0.195 e. The van der Waals surface area contributed by atoms with Crippen LogP contribution in [0.2, 0.25) is 0 Å². The summed E-state index contributed by atoms with van der Waals surface area (Å²) in [6.07, 6.45) is 0. The average molecular weight is 1910 g/mol. The van der Waals surface area contributed by atoms with Crippen molar-refractivity contribution in [3.05, 3.63) is 528 Å². The third kappa shape index (κ3) is 14.7. The van der Waals surface area contributed by atoms with E-state index in [0.29, 0.717) is 56.1 Å². The molecule has 27 aromatic rings. The number of nitriles is 5. The molecule has 0 aliphatic carbocycles. The van der Waals surface area contributed by atoms with Gasteiger partial charge in [0, 0.05) is 76.7 Å². The number of aromatic nitrogens is 6. The lowest BCUT2D eigenvalue weighted by Crippen LogP contribution is -2.02. The summed E-state index contributed by atoms with van der Waals surface area (Å²) in [5.74, 6) is 0. The van der Waals surface area contributed by atoms with Crippen molar-refractivity contribution < 1.29 is 0 Å². The molecule has 15 heteroatoms. The van der Waals surface area contributed by atoms with Gasteiger partial charge in [-0.1, -0.05) is 267 Å². The first kappa shape index (κ1) is 89.2. The summed E-state index contributed by atoms with van der Waals surface area (Å²) < 4.78 is 13.4. The van der Waals surface area contributed by atoms with E-state index in [4.69, 9.17) is 26.3 Å². The van der Waals surface area contributed by atoms with Crippen LogP contribution >= 0.6 is 0 Å². The monoisotopic (exact) mass is 1910 g/mol. The summed E-state index contributed by atoms with van der Waals surface area (Å²) in [7, 11) is 0. The van der Waals surface area contributed by atoms with Gasteiger partial charge < -0.3 is 27.4 Å². The van der Waals surface area contributed by atoms with Crippen LogP contribution in [0.5, 0.6) is 0 Å². The third-order valence-electron chi connectivity index (χ3n) is 28.9. The van der Waals surface area contributed by atoms with Gasteiger partial charge in [-0.15, -0.1) is 0 Å². The highest BCUT2D eigenvalue weighted by Gasteiger charge is 2.29. The summed E-state index contributed by atoms with van der Waals surface area (Å²) in [6, 6.07) is 164. The second kappa shape index (κ2) is 37.0. The third-order valence-corrected chi connectivity index (χ3v) is 28.9. The van der Waals surface area contributed by atoms with Crippen molar-refractivity contribution in [1.82, 2.24) is 27.4 Å². The van der Waals surface area contributed by atoms with Crippen LogP contribution in [0.4, 0.5) is 22.7 Å². The SMILES string of the molecule is [C-]#[N+]c1ccc2c(c1)c1ccccc1n2-c1ccc(C#N)c(C#N)c1-c1ccccc1-c1ccc(-n2c3ccccc3c3ccccc32)cc1.[C-]#[N+]c1ccc2c(c1)c1ccccc1n2-c1ccc(C#N)cc1-c1c([N+]#[C-])cccc1-c1ccc(-n2c3ccccc3c3ccccc32)cc1.[C-]#[N+]c1ccc2c(c1)c1ccccc1n2-c1ccc(C#N)cc1-c1cc(C#N)ccc1-c1ccc(-n2c3ccccc3c3ccccc32)cc1. The highest BCUT2D eigenvalue weighted by atomic mass is 15.0. The molecule has 690 valence electrons. The maximum absolute atomic E-state index is 10.6. The number of fused-ring (bicyclic) bond motifs is 18. The Balaban J connectivity index is 0.000000116. The molecule has 0 N–H and O–H groups in total. The minimum atomic E-state index is 0.318. The van der Waals surface area contributed by atoms with Gasteiger partial charge in [0.15, 0.2) is 22.7 Å². The Morgan fingerprint density at radius 2 is 0.467 bits per heavy atom. The Kier molecular flexibility index (Phi) is 22.0. The van der Waals surface area contributed by atoms with Gasteiger partial charge in [-0.25, -0.2) is 19.4 Å². The number of benzene rings is 21. The van der Waals surface area contributed by atoms with E-state index >= 15 is 0 Å². The van der Waals surface area contributed by atoms with Crippen LogP contribution in [-0.4, -0.2) is 27.4 Å². The van der Waals surface area contributed by atoms with E-state index in [0.717, 1.165) is 194 Å². The Morgan fingerprint density at radius 1 is 0.180 bits per heavy atom. The number of para-hydroxylation sites is 9. The quantitative estimate of drug-likeness (QED) is 0.111. The molecule has 27 rings (SSSR count). The van der Waals surface area contributed by atoms with E-state index in [1.165, 1.54) is 32.3 Å². The van der Waals surface area contributed by atoms with E-state index in [-0.39, 0.29) is 0 Å². The summed E-state index contributed by atoms with van der Waals surface area (Å²) in [5, 5.41) is 64.2. The van der Waals surface area contributed by atoms with Gasteiger partial charge in [0.25, 0.3) is 0 Å². The first-order valence-corrected chi connectivity index (χ1v) is 48.8. The fourth-order valence-corrected chi connectivity index (χ4v) is 22.3. The summed E-state index contributed by atoms with van der Waals surface area (Å²) in [6.45, 7) is 31.1. The van der Waals surface area contributed by atoms with Gasteiger partial charge in [-0.3, -0.25) is 0 Å². The summed E-state index contributed by atoms with van der Waals surface area (Å²) in [5.41, 5.74) is 33.2. The Labute approximate surface area is 861 Å². The van der Waals surface area contributed by atoms with Crippen LogP contribution < -0.4 is 0 Å². The molecule has 0 aliphatic rings. The van der Waals surface area contributed by atoms with Crippen molar-refractivity contribution in [2.24, 2.45) is 0 Å². The standard InChI is InChI=1S/3C45H25N5/c1-47-31-21-25-43-37(27-31)36-12-5-8-17-42(36)50(43)44-24-18-29(28-46)26-38(44)45-33(13-9-14-39(45)48-2)30-19-22-32(23-20-30)49-40-15-6-3-10-34(40)35-11-4-7-16-41(35)49;1-48-32-18-23-45-40(26-32)37-10-4-7-13-43(37)50(45)44-22-15-30(28-47)25-39(44)38-24-29(27-46)14-21-34(38)31-16-19-33(20-17-31)49-41-11-5-2-8-35(41)36-9-3-6-12-42(36)49;1-48-31-21-25-43-38(26-31)36-13-6-9-17-42(36)50(43)44-24-20-30(27-46)39(28-47)45(44)37-14-3-2-10-33(37)29-18-22-32(23-19-29)49-40-15-7-4-11-34(40)35-12-5-8-16-41(35)49/h3-27H;2*2-26H. The molecule has 21 aromatic carbocycles. The molecule has 6 heterocycles. The Bertz CT molecular complexity index is 10600. The van der Waals surface area contributed by atoms with Gasteiger partial charge in [-0.05, 0) is 260 Å². The van der Waals surface area contributed by atoms with Gasteiger partial charge >= 0.3 is 0 Å². The van der Waals surface area contributed by atoms with Crippen LogP contribution in [0, 0.1) is 82.9 Å². The Hall–Kier alpha value is -22.2. The van der Waals surface area contributed by atoms with Crippen LogP contribution in [0.3, 0.4) is 0 Å². The molecule has 150 heavy (non-hydrogen) atoms. The molecule has 0 saturated carbocycles. The number of rotatable bonds is 12. The lowest BCUT2D eigenvalue weighted by Gasteiger charge is -2.19. The van der Waals surface area contributed by atoms with Crippen molar-refractivity contribution in [1.29, 1.82) is 26.3 Å². The van der Waals surface area contributed by atoms with Crippen LogP contribution in [0.1, 0.15) is 27.8 Å². The van der Waals surface area contributed by atoms with Crippen molar-refractivity contribution >= 4 is 154 Å². The number of nitrogens with zero attached hydrogens (tertiary/aromatic N) is 15. The first-order chi connectivity index (χ1) is 74.0. The molecule has 0 aliphatic heterocycles.